The molecule has 1 amide bonds. The lowest BCUT2D eigenvalue weighted by Crippen LogP contribution is -2.14. The Morgan fingerprint density at radius 3 is 2.82 bits per heavy atom. The van der Waals surface area contributed by atoms with Gasteiger partial charge in [-0.2, -0.15) is 5.10 Å². The van der Waals surface area contributed by atoms with Gasteiger partial charge in [-0.3, -0.25) is 9.48 Å². The van der Waals surface area contributed by atoms with Gasteiger partial charge in [0.1, 0.15) is 5.82 Å². The number of rotatable bonds is 7. The molecule has 96 valence electrons. The van der Waals surface area contributed by atoms with Crippen LogP contribution in [0.4, 0.5) is 11.5 Å². The molecule has 0 unspecified atom stereocenters. The predicted molar refractivity (Wildman–Crippen MR) is 68.5 cm³/mol. The second kappa shape index (κ2) is 6.12. The SMILES string of the molecule is CCCc1nn(C)c(NCCCC(N)=O)c1N. The van der Waals surface area contributed by atoms with Crippen molar-refractivity contribution in [1.29, 1.82) is 0 Å². The van der Waals surface area contributed by atoms with Gasteiger partial charge in [0.05, 0.1) is 11.4 Å². The maximum absolute atomic E-state index is 10.6. The van der Waals surface area contributed by atoms with Crippen molar-refractivity contribution >= 4 is 17.4 Å². The number of carbonyl (C=O) groups excluding carboxylic acids is 1. The Kier molecular flexibility index (Phi) is 4.81. The highest BCUT2D eigenvalue weighted by Gasteiger charge is 2.11. The number of nitrogens with one attached hydrogen (secondary N) is 1. The Labute approximate surface area is 101 Å². The molecule has 0 atom stereocenters. The van der Waals surface area contributed by atoms with Crippen molar-refractivity contribution in [2.75, 3.05) is 17.6 Å². The van der Waals surface area contributed by atoms with Gasteiger partial charge in [0.15, 0.2) is 0 Å². The van der Waals surface area contributed by atoms with Gasteiger partial charge in [-0.05, 0) is 12.8 Å². The van der Waals surface area contributed by atoms with Gasteiger partial charge in [-0.15, -0.1) is 0 Å². The van der Waals surface area contributed by atoms with Gasteiger partial charge in [0, 0.05) is 20.0 Å². The number of anilines is 2. The number of amides is 1. The minimum atomic E-state index is -0.281. The molecule has 0 bridgehead atoms. The summed E-state index contributed by atoms with van der Waals surface area (Å²) in [5, 5.41) is 7.53. The lowest BCUT2D eigenvalue weighted by atomic mass is 10.2. The van der Waals surface area contributed by atoms with Crippen LogP contribution in [0.2, 0.25) is 0 Å². The lowest BCUT2D eigenvalue weighted by molar-refractivity contribution is -0.118. The molecule has 5 N–H and O–H groups in total. The molecule has 0 aliphatic heterocycles. The summed E-state index contributed by atoms with van der Waals surface area (Å²) in [6.07, 6.45) is 2.97. The molecule has 0 fully saturated rings. The summed E-state index contributed by atoms with van der Waals surface area (Å²) in [5.41, 5.74) is 12.7. The maximum Gasteiger partial charge on any atom is 0.217 e. The zero-order valence-corrected chi connectivity index (χ0v) is 10.5. The van der Waals surface area contributed by atoms with E-state index in [0.717, 1.165) is 24.4 Å². The normalized spacial score (nSPS) is 10.5. The Morgan fingerprint density at radius 1 is 1.53 bits per heavy atom. The number of carbonyl (C=O) groups is 1. The van der Waals surface area contributed by atoms with Crippen molar-refractivity contribution in [2.45, 2.75) is 32.6 Å². The van der Waals surface area contributed by atoms with Gasteiger partial charge in [-0.25, -0.2) is 0 Å². The highest BCUT2D eigenvalue weighted by atomic mass is 16.1. The zero-order chi connectivity index (χ0) is 12.8. The second-order valence-electron chi connectivity index (χ2n) is 4.08. The Balaban J connectivity index is 2.55. The molecule has 0 saturated carbocycles. The van der Waals surface area contributed by atoms with Crippen LogP contribution < -0.4 is 16.8 Å². The molecular formula is C11H21N5O. The Hall–Kier alpha value is -1.72. The van der Waals surface area contributed by atoms with Crippen LogP contribution in [0.15, 0.2) is 0 Å². The summed E-state index contributed by atoms with van der Waals surface area (Å²) in [6.45, 7) is 2.76. The summed E-state index contributed by atoms with van der Waals surface area (Å²) in [7, 11) is 1.85. The highest BCUT2D eigenvalue weighted by Crippen LogP contribution is 2.22. The number of hydrogen-bond donors (Lipinski definition) is 3. The Bertz CT molecular complexity index is 385. The summed E-state index contributed by atoms with van der Waals surface area (Å²) in [4.78, 5) is 10.6. The third-order valence-corrected chi connectivity index (χ3v) is 2.54. The molecule has 0 radical (unpaired) electrons. The van der Waals surface area contributed by atoms with Gasteiger partial charge in [-0.1, -0.05) is 13.3 Å². The molecule has 0 spiro atoms. The highest BCUT2D eigenvalue weighted by molar-refractivity contribution is 5.73. The minimum absolute atomic E-state index is 0.281. The first-order chi connectivity index (χ1) is 8.06. The number of nitrogens with zero attached hydrogens (tertiary/aromatic N) is 2. The first kappa shape index (κ1) is 13.3. The van der Waals surface area contributed by atoms with Crippen LogP contribution in [0.5, 0.6) is 0 Å². The van der Waals surface area contributed by atoms with E-state index in [4.69, 9.17) is 11.5 Å². The monoisotopic (exact) mass is 239 g/mol. The molecule has 6 heteroatoms. The fourth-order valence-corrected chi connectivity index (χ4v) is 1.70. The number of primary amides is 1. The molecule has 1 rings (SSSR count). The van der Waals surface area contributed by atoms with Crippen molar-refractivity contribution in [2.24, 2.45) is 12.8 Å². The number of aryl methyl sites for hydroxylation is 2. The van der Waals surface area contributed by atoms with Crippen LogP contribution >= 0.6 is 0 Å². The zero-order valence-electron chi connectivity index (χ0n) is 10.5. The van der Waals surface area contributed by atoms with Gasteiger partial charge in [0.2, 0.25) is 5.91 Å². The fraction of sp³-hybridized carbons (Fsp3) is 0.636. The van der Waals surface area contributed by atoms with Gasteiger partial charge < -0.3 is 16.8 Å². The van der Waals surface area contributed by atoms with Gasteiger partial charge >= 0.3 is 0 Å². The smallest absolute Gasteiger partial charge is 0.217 e. The van der Waals surface area contributed by atoms with Crippen LogP contribution in [-0.2, 0) is 18.3 Å². The third kappa shape index (κ3) is 3.65. The van der Waals surface area contributed by atoms with E-state index in [-0.39, 0.29) is 5.91 Å². The summed E-state index contributed by atoms with van der Waals surface area (Å²) >= 11 is 0. The van der Waals surface area contributed by atoms with E-state index in [1.54, 1.807) is 4.68 Å². The van der Waals surface area contributed by atoms with Crippen LogP contribution in [-0.4, -0.2) is 22.2 Å². The molecule has 0 aliphatic rings. The second-order valence-corrected chi connectivity index (χ2v) is 4.08. The van der Waals surface area contributed by atoms with E-state index in [1.807, 2.05) is 7.05 Å². The number of nitrogens with two attached hydrogens (primary N) is 2. The Morgan fingerprint density at radius 2 is 2.24 bits per heavy atom. The quantitative estimate of drug-likeness (QED) is 0.608. The molecule has 1 heterocycles. The van der Waals surface area contributed by atoms with Gasteiger partial charge in [0.25, 0.3) is 0 Å². The van der Waals surface area contributed by atoms with E-state index < -0.39 is 0 Å². The molecule has 1 aromatic rings. The molecular weight excluding hydrogens is 218 g/mol. The van der Waals surface area contributed by atoms with Crippen molar-refractivity contribution in [3.8, 4) is 0 Å². The fourth-order valence-electron chi connectivity index (χ4n) is 1.70. The topological polar surface area (TPSA) is 99.0 Å². The predicted octanol–water partition coefficient (Wildman–Crippen LogP) is 0.632. The average molecular weight is 239 g/mol. The average Bonchev–Trinajstić information content (AvgIpc) is 2.51. The first-order valence-corrected chi connectivity index (χ1v) is 5.89. The third-order valence-electron chi connectivity index (χ3n) is 2.54. The van der Waals surface area contributed by atoms with E-state index in [2.05, 4.69) is 17.3 Å². The van der Waals surface area contributed by atoms with E-state index in [9.17, 15) is 4.79 Å². The number of hydrogen-bond acceptors (Lipinski definition) is 4. The summed E-state index contributed by atoms with van der Waals surface area (Å²) in [5.74, 6) is 0.536. The molecule has 0 saturated heterocycles. The van der Waals surface area contributed by atoms with Crippen LogP contribution in [0.3, 0.4) is 0 Å². The van der Waals surface area contributed by atoms with Crippen molar-refractivity contribution in [3.05, 3.63) is 5.69 Å². The molecule has 17 heavy (non-hydrogen) atoms. The van der Waals surface area contributed by atoms with E-state index in [1.165, 1.54) is 0 Å². The van der Waals surface area contributed by atoms with Crippen LogP contribution in [0, 0.1) is 0 Å². The van der Waals surface area contributed by atoms with E-state index >= 15 is 0 Å². The van der Waals surface area contributed by atoms with Crippen molar-refractivity contribution < 1.29 is 4.79 Å². The van der Waals surface area contributed by atoms with Crippen LogP contribution in [0.25, 0.3) is 0 Å². The van der Waals surface area contributed by atoms with Crippen LogP contribution in [0.1, 0.15) is 31.9 Å². The van der Waals surface area contributed by atoms with Crippen molar-refractivity contribution in [3.63, 3.8) is 0 Å². The number of aromatic nitrogens is 2. The first-order valence-electron chi connectivity index (χ1n) is 5.89. The maximum atomic E-state index is 10.6. The van der Waals surface area contributed by atoms with E-state index in [0.29, 0.717) is 25.1 Å². The summed E-state index contributed by atoms with van der Waals surface area (Å²) in [6, 6.07) is 0. The van der Waals surface area contributed by atoms with Crippen molar-refractivity contribution in [1.82, 2.24) is 9.78 Å². The minimum Gasteiger partial charge on any atom is -0.394 e. The summed E-state index contributed by atoms with van der Waals surface area (Å²) < 4.78 is 1.74. The largest absolute Gasteiger partial charge is 0.394 e. The molecule has 0 aliphatic carbocycles. The standard InChI is InChI=1S/C11H21N5O/c1-3-5-8-10(13)11(16(2)15-8)14-7-4-6-9(12)17/h14H,3-7,13H2,1-2H3,(H2,12,17). The molecule has 1 aromatic heterocycles. The molecule has 6 nitrogen and oxygen atoms in total. The lowest BCUT2D eigenvalue weighted by Gasteiger charge is -2.06. The number of nitrogen functional groups attached to an aromatic ring is 1. The molecule has 0 aromatic carbocycles.